The number of fused-ring (bicyclic) bond motifs is 1. The highest BCUT2D eigenvalue weighted by molar-refractivity contribution is 7.90. The molecule has 3 heterocycles. The molecule has 4 rings (SSSR count). The molecular weight excluding hydrogens is 388 g/mol. The lowest BCUT2D eigenvalue weighted by molar-refractivity contribution is 0.380. The van der Waals surface area contributed by atoms with E-state index in [4.69, 9.17) is 16.3 Å². The molecule has 0 amide bonds. The number of hydrogen-bond donors (Lipinski definition) is 0. The van der Waals surface area contributed by atoms with Crippen molar-refractivity contribution < 1.29 is 13.2 Å². The van der Waals surface area contributed by atoms with Crippen LogP contribution in [0.25, 0.3) is 22.3 Å². The molecule has 0 aliphatic carbocycles. The molecule has 0 bridgehead atoms. The first kappa shape index (κ1) is 17.4. The largest absolute Gasteiger partial charge is 0.467 e. The number of hydrogen-bond acceptors (Lipinski definition) is 6. The molecule has 9 heteroatoms. The SMILES string of the molecule is COc1nc(Cl)cc(-c2cn(S(=O)(=O)c3ccccc3)c3ncccc23)n1. The monoisotopic (exact) mass is 400 g/mol. The Morgan fingerprint density at radius 2 is 1.85 bits per heavy atom. The maximum atomic E-state index is 13.1. The van der Waals surface area contributed by atoms with Gasteiger partial charge in [0.25, 0.3) is 10.0 Å². The molecule has 0 fully saturated rings. The van der Waals surface area contributed by atoms with E-state index in [1.165, 1.54) is 31.6 Å². The summed E-state index contributed by atoms with van der Waals surface area (Å²) in [5.41, 5.74) is 1.29. The van der Waals surface area contributed by atoms with E-state index in [2.05, 4.69) is 15.0 Å². The van der Waals surface area contributed by atoms with Gasteiger partial charge in [0, 0.05) is 29.4 Å². The second kappa shape index (κ2) is 6.64. The number of rotatable bonds is 4. The van der Waals surface area contributed by atoms with Crippen LogP contribution in [-0.2, 0) is 10.0 Å². The van der Waals surface area contributed by atoms with Crippen molar-refractivity contribution in [2.24, 2.45) is 0 Å². The van der Waals surface area contributed by atoms with Crippen LogP contribution in [-0.4, -0.2) is 34.5 Å². The first-order valence-electron chi connectivity index (χ1n) is 7.86. The van der Waals surface area contributed by atoms with Crippen LogP contribution in [0.1, 0.15) is 0 Å². The van der Waals surface area contributed by atoms with Gasteiger partial charge in [-0.25, -0.2) is 17.4 Å². The topological polar surface area (TPSA) is 87.0 Å². The number of methoxy groups -OCH3 is 1. The fraction of sp³-hybridized carbons (Fsp3) is 0.0556. The van der Waals surface area contributed by atoms with Crippen molar-refractivity contribution >= 4 is 32.7 Å². The van der Waals surface area contributed by atoms with Gasteiger partial charge in [-0.15, -0.1) is 0 Å². The number of ether oxygens (including phenoxy) is 1. The quantitative estimate of drug-likeness (QED) is 0.488. The van der Waals surface area contributed by atoms with Crippen LogP contribution in [0.4, 0.5) is 0 Å². The summed E-state index contributed by atoms with van der Waals surface area (Å²) in [7, 11) is -2.40. The van der Waals surface area contributed by atoms with Gasteiger partial charge in [-0.05, 0) is 24.3 Å². The Balaban J connectivity index is 2.00. The number of halogens is 1. The van der Waals surface area contributed by atoms with Crippen LogP contribution < -0.4 is 4.74 Å². The maximum Gasteiger partial charge on any atom is 0.318 e. The molecule has 27 heavy (non-hydrogen) atoms. The van der Waals surface area contributed by atoms with Crippen molar-refractivity contribution in [2.45, 2.75) is 4.90 Å². The van der Waals surface area contributed by atoms with E-state index in [9.17, 15) is 8.42 Å². The third-order valence-corrected chi connectivity index (χ3v) is 5.82. The second-order valence-corrected chi connectivity index (χ2v) is 7.80. The maximum absolute atomic E-state index is 13.1. The van der Waals surface area contributed by atoms with Crippen LogP contribution in [0.5, 0.6) is 6.01 Å². The normalized spacial score (nSPS) is 11.6. The number of benzene rings is 1. The van der Waals surface area contributed by atoms with E-state index in [1.807, 2.05) is 0 Å². The first-order chi connectivity index (χ1) is 13.0. The molecule has 0 radical (unpaired) electrons. The van der Waals surface area contributed by atoms with E-state index in [1.54, 1.807) is 36.4 Å². The van der Waals surface area contributed by atoms with Gasteiger partial charge < -0.3 is 4.74 Å². The molecule has 1 aromatic carbocycles. The Hall–Kier alpha value is -2.97. The third kappa shape index (κ3) is 3.02. The Morgan fingerprint density at radius 1 is 1.07 bits per heavy atom. The molecule has 136 valence electrons. The van der Waals surface area contributed by atoms with E-state index >= 15 is 0 Å². The predicted octanol–water partition coefficient (Wildman–Crippen LogP) is 3.39. The van der Waals surface area contributed by atoms with Crippen molar-refractivity contribution in [3.8, 4) is 17.3 Å². The van der Waals surface area contributed by atoms with Gasteiger partial charge in [0.05, 0.1) is 17.7 Å². The average Bonchev–Trinajstić information content (AvgIpc) is 3.09. The highest BCUT2D eigenvalue weighted by Gasteiger charge is 2.23. The summed E-state index contributed by atoms with van der Waals surface area (Å²) in [4.78, 5) is 12.7. The molecule has 7 nitrogen and oxygen atoms in total. The van der Waals surface area contributed by atoms with Crippen molar-refractivity contribution in [1.82, 2.24) is 18.9 Å². The highest BCUT2D eigenvalue weighted by Crippen LogP contribution is 2.32. The molecule has 0 saturated heterocycles. The minimum Gasteiger partial charge on any atom is -0.467 e. The van der Waals surface area contributed by atoms with Gasteiger partial charge >= 0.3 is 6.01 Å². The van der Waals surface area contributed by atoms with Gasteiger partial charge in [0.1, 0.15) is 5.15 Å². The zero-order valence-corrected chi connectivity index (χ0v) is 15.6. The fourth-order valence-corrected chi connectivity index (χ4v) is 4.27. The number of nitrogens with zero attached hydrogens (tertiary/aromatic N) is 4. The van der Waals surface area contributed by atoms with Gasteiger partial charge in [0.2, 0.25) is 0 Å². The van der Waals surface area contributed by atoms with E-state index in [0.29, 0.717) is 22.3 Å². The standard InChI is InChI=1S/C18H13ClN4O3S/c1-26-18-21-15(10-16(19)22-18)14-11-23(17-13(14)8-5-9-20-17)27(24,25)12-6-3-2-4-7-12/h2-11H,1H3. The van der Waals surface area contributed by atoms with Gasteiger partial charge in [-0.3, -0.25) is 0 Å². The molecule has 0 N–H and O–H groups in total. The average molecular weight is 401 g/mol. The molecular formula is C18H13ClN4O3S. The lowest BCUT2D eigenvalue weighted by Crippen LogP contribution is -2.12. The smallest absolute Gasteiger partial charge is 0.318 e. The molecule has 3 aromatic heterocycles. The van der Waals surface area contributed by atoms with Gasteiger partial charge in [0.15, 0.2) is 5.65 Å². The predicted molar refractivity (Wildman–Crippen MR) is 101 cm³/mol. The van der Waals surface area contributed by atoms with E-state index in [-0.39, 0.29) is 16.1 Å². The van der Waals surface area contributed by atoms with Crippen LogP contribution in [0.2, 0.25) is 5.15 Å². The van der Waals surface area contributed by atoms with Crippen LogP contribution in [0.15, 0.2) is 65.8 Å². The molecule has 0 aliphatic rings. The summed E-state index contributed by atoms with van der Waals surface area (Å²) >= 11 is 6.05. The highest BCUT2D eigenvalue weighted by atomic mass is 35.5. The van der Waals surface area contributed by atoms with Crippen molar-refractivity contribution in [3.63, 3.8) is 0 Å². The Morgan fingerprint density at radius 3 is 2.59 bits per heavy atom. The Kier molecular flexibility index (Phi) is 4.29. The van der Waals surface area contributed by atoms with E-state index in [0.717, 1.165) is 3.97 Å². The summed E-state index contributed by atoms with van der Waals surface area (Å²) in [5.74, 6) is 0. The van der Waals surface area contributed by atoms with Crippen LogP contribution in [0, 0.1) is 0 Å². The summed E-state index contributed by atoms with van der Waals surface area (Å²) in [6.07, 6.45) is 3.02. The van der Waals surface area contributed by atoms with E-state index < -0.39 is 10.0 Å². The second-order valence-electron chi connectivity index (χ2n) is 5.59. The molecule has 0 aliphatic heterocycles. The Labute approximate surface area is 160 Å². The third-order valence-electron chi connectivity index (χ3n) is 3.96. The Bertz CT molecular complexity index is 1240. The summed E-state index contributed by atoms with van der Waals surface area (Å²) in [5, 5.41) is 0.807. The zero-order chi connectivity index (χ0) is 19.0. The fourth-order valence-electron chi connectivity index (χ4n) is 2.75. The van der Waals surface area contributed by atoms with Gasteiger partial charge in [-0.1, -0.05) is 29.8 Å². The lowest BCUT2D eigenvalue weighted by Gasteiger charge is -2.06. The lowest BCUT2D eigenvalue weighted by atomic mass is 10.1. The number of aromatic nitrogens is 4. The van der Waals surface area contributed by atoms with Crippen molar-refractivity contribution in [3.05, 3.63) is 66.1 Å². The summed E-state index contributed by atoms with van der Waals surface area (Å²) < 4.78 is 32.5. The molecule has 0 spiro atoms. The van der Waals surface area contributed by atoms with Crippen molar-refractivity contribution in [1.29, 1.82) is 0 Å². The summed E-state index contributed by atoms with van der Waals surface area (Å²) in [6, 6.07) is 13.3. The van der Waals surface area contributed by atoms with Crippen molar-refractivity contribution in [2.75, 3.05) is 7.11 Å². The summed E-state index contributed by atoms with van der Waals surface area (Å²) in [6.45, 7) is 0. The van der Waals surface area contributed by atoms with Crippen LogP contribution in [0.3, 0.4) is 0 Å². The number of pyridine rings is 1. The molecule has 0 saturated carbocycles. The van der Waals surface area contributed by atoms with Gasteiger partial charge in [-0.2, -0.15) is 9.97 Å². The van der Waals surface area contributed by atoms with Crippen LogP contribution >= 0.6 is 11.6 Å². The zero-order valence-electron chi connectivity index (χ0n) is 14.1. The first-order valence-corrected chi connectivity index (χ1v) is 9.68. The molecule has 0 unspecified atom stereocenters. The molecule has 4 aromatic rings. The minimum absolute atomic E-state index is 0.0909. The minimum atomic E-state index is -3.83. The molecule has 0 atom stereocenters.